The number of halogens is 3. The molecule has 1 aromatic rings. The lowest BCUT2D eigenvalue weighted by atomic mass is 9.43. The van der Waals surface area contributed by atoms with E-state index in [1.165, 1.54) is 0 Å². The van der Waals surface area contributed by atoms with Crippen LogP contribution in [-0.2, 0) is 19.7 Å². The van der Waals surface area contributed by atoms with Gasteiger partial charge in [0.2, 0.25) is 0 Å². The molecule has 1 saturated heterocycles. The van der Waals surface area contributed by atoms with Gasteiger partial charge in [0.05, 0.1) is 49.3 Å². The largest absolute Gasteiger partial charge is 0.522 e. The molecule has 0 spiro atoms. The number of rotatable bonds is 4. The monoisotopic (exact) mass is 463 g/mol. The van der Waals surface area contributed by atoms with Gasteiger partial charge in [0.15, 0.2) is 0 Å². The van der Waals surface area contributed by atoms with Crippen LogP contribution in [-0.4, -0.2) is 81.5 Å². The van der Waals surface area contributed by atoms with Crippen LogP contribution >= 0.6 is 0 Å². The van der Waals surface area contributed by atoms with Crippen LogP contribution in [0.15, 0.2) is 12.3 Å². The summed E-state index contributed by atoms with van der Waals surface area (Å²) < 4.78 is 52.0. The summed E-state index contributed by atoms with van der Waals surface area (Å²) in [6.45, 7) is 3.11. The third kappa shape index (κ3) is 4.28. The van der Waals surface area contributed by atoms with Crippen molar-refractivity contribution >= 4 is 12.2 Å². The second kappa shape index (κ2) is 8.19. The number of alkyl halides is 3. The Bertz CT molecular complexity index is 819. The van der Waals surface area contributed by atoms with Crippen LogP contribution < -0.4 is 0 Å². The van der Waals surface area contributed by atoms with E-state index in [-0.39, 0.29) is 18.8 Å². The van der Waals surface area contributed by atoms with Crippen LogP contribution in [0.25, 0.3) is 0 Å². The molecule has 5 fully saturated rings. The SMILES string of the molecule is C1COCCO1.O=C(O)N(C(=O)O)C12CC(n3ccc([C@H]4C[C@@H](OC(F)(F)F)C4)n3)(C1)C2. The Morgan fingerprint density at radius 2 is 1.62 bits per heavy atom. The van der Waals surface area contributed by atoms with Crippen molar-refractivity contribution in [2.24, 2.45) is 0 Å². The van der Waals surface area contributed by atoms with E-state index in [0.717, 1.165) is 26.4 Å². The van der Waals surface area contributed by atoms with Crippen molar-refractivity contribution in [3.05, 3.63) is 18.0 Å². The van der Waals surface area contributed by atoms with Gasteiger partial charge in [-0.15, -0.1) is 13.2 Å². The van der Waals surface area contributed by atoms with Crippen molar-refractivity contribution in [3.8, 4) is 0 Å². The fourth-order valence-corrected chi connectivity index (χ4v) is 5.00. The third-order valence-electron chi connectivity index (χ3n) is 6.48. The summed E-state index contributed by atoms with van der Waals surface area (Å²) in [7, 11) is 0. The molecular formula is C19H24F3N3O7. The highest BCUT2D eigenvalue weighted by molar-refractivity contribution is 5.87. The Labute approximate surface area is 180 Å². The standard InChI is InChI=1S/C15H16F3N3O5.C4H8O2/c16-15(17,18)26-9-3-8(4-9)10-1-2-20(19-10)13-5-14(6-13,7-13)21(11(22)23)12(24)25;1-2-6-4-3-5-1/h1-2,8-9H,3-7H2,(H,22,23)(H,24,25);1-4H2/t8-,9+,13?,14?;. The summed E-state index contributed by atoms with van der Waals surface area (Å²) in [5.74, 6) is -0.0977. The number of carbonyl (C=O) groups is 2. The highest BCUT2D eigenvalue weighted by Crippen LogP contribution is 2.68. The van der Waals surface area contributed by atoms with Crippen molar-refractivity contribution in [2.75, 3.05) is 26.4 Å². The minimum Gasteiger partial charge on any atom is -0.465 e. The van der Waals surface area contributed by atoms with Crippen LogP contribution in [0.2, 0.25) is 0 Å². The average molecular weight is 463 g/mol. The Kier molecular flexibility index (Phi) is 5.84. The van der Waals surface area contributed by atoms with Crippen LogP contribution in [0.4, 0.5) is 22.8 Å². The first-order valence-corrected chi connectivity index (χ1v) is 10.3. The molecule has 32 heavy (non-hydrogen) atoms. The lowest BCUT2D eigenvalue weighted by Crippen LogP contribution is -2.80. The molecule has 2 amide bonds. The maximum atomic E-state index is 12.2. The molecule has 2 heterocycles. The van der Waals surface area contributed by atoms with Gasteiger partial charge in [-0.1, -0.05) is 0 Å². The molecule has 1 aliphatic heterocycles. The second-order valence-electron chi connectivity index (χ2n) is 8.64. The van der Waals surface area contributed by atoms with Gasteiger partial charge in [-0.3, -0.25) is 9.42 Å². The zero-order chi connectivity index (χ0) is 23.1. The van der Waals surface area contributed by atoms with Crippen LogP contribution in [0.1, 0.15) is 43.7 Å². The van der Waals surface area contributed by atoms with E-state index in [0.29, 0.717) is 29.9 Å². The van der Waals surface area contributed by atoms with Gasteiger partial charge in [-0.2, -0.15) is 5.10 Å². The van der Waals surface area contributed by atoms with Crippen molar-refractivity contribution in [2.45, 2.75) is 61.6 Å². The van der Waals surface area contributed by atoms with Crippen molar-refractivity contribution in [1.29, 1.82) is 0 Å². The minimum atomic E-state index is -4.63. The topological polar surface area (TPSA) is 123 Å². The van der Waals surface area contributed by atoms with Gasteiger partial charge in [-0.25, -0.2) is 14.5 Å². The van der Waals surface area contributed by atoms with E-state index in [1.807, 2.05) is 0 Å². The number of hydrogen-bond acceptors (Lipinski definition) is 6. The molecule has 6 rings (SSSR count). The fraction of sp³-hybridized carbons (Fsp3) is 0.737. The minimum absolute atomic E-state index is 0.0977. The van der Waals surface area contributed by atoms with E-state index in [4.69, 9.17) is 19.7 Å². The molecule has 4 saturated carbocycles. The molecule has 0 radical (unpaired) electrons. The smallest absolute Gasteiger partial charge is 0.465 e. The zero-order valence-corrected chi connectivity index (χ0v) is 17.1. The van der Waals surface area contributed by atoms with E-state index in [2.05, 4.69) is 9.84 Å². The molecular weight excluding hydrogens is 439 g/mol. The number of hydrogen-bond donors (Lipinski definition) is 2. The summed E-state index contributed by atoms with van der Waals surface area (Å²) in [6.07, 6.45) is -5.13. The first-order chi connectivity index (χ1) is 15.0. The Balaban J connectivity index is 0.000000354. The molecule has 13 heteroatoms. The van der Waals surface area contributed by atoms with Gasteiger partial charge in [0.1, 0.15) is 0 Å². The summed E-state index contributed by atoms with van der Waals surface area (Å²) in [6, 6.07) is 1.74. The predicted molar refractivity (Wildman–Crippen MR) is 99.2 cm³/mol. The molecule has 0 atom stereocenters. The molecule has 1 aromatic heterocycles. The van der Waals surface area contributed by atoms with E-state index < -0.39 is 35.7 Å². The molecule has 2 bridgehead atoms. The molecule has 0 aromatic carbocycles. The van der Waals surface area contributed by atoms with Crippen LogP contribution in [0.5, 0.6) is 0 Å². The Hall–Kier alpha value is -2.38. The fourth-order valence-electron chi connectivity index (χ4n) is 5.00. The van der Waals surface area contributed by atoms with Gasteiger partial charge in [0, 0.05) is 12.1 Å². The molecule has 4 aliphatic carbocycles. The van der Waals surface area contributed by atoms with Crippen LogP contribution in [0, 0.1) is 0 Å². The number of nitrogens with zero attached hydrogens (tertiary/aromatic N) is 3. The van der Waals surface area contributed by atoms with Gasteiger partial charge in [0.25, 0.3) is 0 Å². The van der Waals surface area contributed by atoms with Gasteiger partial charge < -0.3 is 19.7 Å². The molecule has 10 nitrogen and oxygen atoms in total. The Morgan fingerprint density at radius 1 is 1.09 bits per heavy atom. The third-order valence-corrected chi connectivity index (χ3v) is 6.48. The Morgan fingerprint density at radius 3 is 2.06 bits per heavy atom. The lowest BCUT2D eigenvalue weighted by molar-refractivity contribution is -0.351. The first-order valence-electron chi connectivity index (χ1n) is 10.3. The van der Waals surface area contributed by atoms with E-state index in [9.17, 15) is 22.8 Å². The van der Waals surface area contributed by atoms with E-state index in [1.54, 1.807) is 16.9 Å². The first kappa shape index (κ1) is 22.8. The maximum absolute atomic E-state index is 12.2. The summed E-state index contributed by atoms with van der Waals surface area (Å²) in [5.41, 5.74) is -0.599. The maximum Gasteiger partial charge on any atom is 0.522 e. The predicted octanol–water partition coefficient (Wildman–Crippen LogP) is 2.99. The highest BCUT2D eigenvalue weighted by atomic mass is 19.4. The van der Waals surface area contributed by atoms with Crippen molar-refractivity contribution in [1.82, 2.24) is 14.7 Å². The van der Waals surface area contributed by atoms with Gasteiger partial charge in [-0.05, 0) is 38.2 Å². The normalized spacial score (nSPS) is 33.0. The number of aromatic nitrogens is 2. The molecule has 178 valence electrons. The average Bonchev–Trinajstić information content (AvgIpc) is 3.09. The summed E-state index contributed by atoms with van der Waals surface area (Å²) >= 11 is 0. The summed E-state index contributed by atoms with van der Waals surface area (Å²) in [4.78, 5) is 22.8. The van der Waals surface area contributed by atoms with Gasteiger partial charge >= 0.3 is 18.5 Å². The zero-order valence-electron chi connectivity index (χ0n) is 17.1. The van der Waals surface area contributed by atoms with Crippen molar-refractivity contribution < 1.29 is 47.2 Å². The lowest BCUT2D eigenvalue weighted by Gasteiger charge is -2.71. The number of amides is 2. The summed E-state index contributed by atoms with van der Waals surface area (Å²) in [5, 5.41) is 22.6. The highest BCUT2D eigenvalue weighted by Gasteiger charge is 2.74. The quantitative estimate of drug-likeness (QED) is 0.699. The molecule has 2 N–H and O–H groups in total. The van der Waals surface area contributed by atoms with Crippen molar-refractivity contribution in [3.63, 3.8) is 0 Å². The van der Waals surface area contributed by atoms with E-state index >= 15 is 0 Å². The number of carboxylic acid groups (broad SMARTS) is 2. The second-order valence-corrected chi connectivity index (χ2v) is 8.64. The number of ether oxygens (including phenoxy) is 3. The van der Waals surface area contributed by atoms with Crippen LogP contribution in [0.3, 0.4) is 0 Å². The molecule has 0 unspecified atom stereocenters. The number of imide groups is 1. The molecule has 5 aliphatic rings.